The molecule has 0 aliphatic carbocycles. The first kappa shape index (κ1) is 29.8. The van der Waals surface area contributed by atoms with E-state index >= 15 is 0 Å². The first-order chi connectivity index (χ1) is 21.2. The topological polar surface area (TPSA) is 137 Å². The van der Waals surface area contributed by atoms with Crippen molar-refractivity contribution in [2.24, 2.45) is 0 Å². The SMILES string of the molecule is COc1ccc(/C=C2\C(=O)NC(=O)N(c3ccc(OCc4ccccc4Cl)cc3)C2=O)c(OCc2ccc([N+](=O)[O-])cc2)c1. The van der Waals surface area contributed by atoms with Gasteiger partial charge in [-0.3, -0.25) is 25.0 Å². The lowest BCUT2D eigenvalue weighted by Crippen LogP contribution is -2.54. The molecule has 0 atom stereocenters. The molecule has 44 heavy (non-hydrogen) atoms. The summed E-state index contributed by atoms with van der Waals surface area (Å²) in [6.07, 6.45) is 1.32. The number of methoxy groups -OCH3 is 1. The Kier molecular flexibility index (Phi) is 8.87. The summed E-state index contributed by atoms with van der Waals surface area (Å²) in [6.45, 7) is 0.261. The second kappa shape index (κ2) is 13.1. The Bertz CT molecular complexity index is 1770. The fraction of sp³-hybridized carbons (Fsp3) is 0.0938. The number of urea groups is 1. The van der Waals surface area contributed by atoms with E-state index in [4.69, 9.17) is 25.8 Å². The summed E-state index contributed by atoms with van der Waals surface area (Å²) in [6, 6.07) is 23.3. The molecule has 4 amide bonds. The molecular weight excluding hydrogens is 590 g/mol. The van der Waals surface area contributed by atoms with E-state index in [0.29, 0.717) is 27.6 Å². The Labute approximate surface area is 256 Å². The number of anilines is 1. The van der Waals surface area contributed by atoms with E-state index in [1.165, 1.54) is 37.5 Å². The van der Waals surface area contributed by atoms with Crippen LogP contribution in [0.3, 0.4) is 0 Å². The number of carbonyl (C=O) groups is 3. The maximum atomic E-state index is 13.5. The average Bonchev–Trinajstić information content (AvgIpc) is 3.02. The third kappa shape index (κ3) is 6.69. The number of nitro groups is 1. The van der Waals surface area contributed by atoms with Crippen molar-refractivity contribution in [3.63, 3.8) is 0 Å². The molecule has 1 saturated heterocycles. The highest BCUT2D eigenvalue weighted by Gasteiger charge is 2.37. The first-order valence-electron chi connectivity index (χ1n) is 13.2. The molecule has 4 aromatic carbocycles. The van der Waals surface area contributed by atoms with E-state index in [2.05, 4.69) is 5.32 Å². The van der Waals surface area contributed by atoms with Gasteiger partial charge >= 0.3 is 6.03 Å². The van der Waals surface area contributed by atoms with Crippen molar-refractivity contribution in [2.45, 2.75) is 13.2 Å². The fourth-order valence-electron chi connectivity index (χ4n) is 4.28. The van der Waals surface area contributed by atoms with Gasteiger partial charge in [0.05, 0.1) is 17.7 Å². The monoisotopic (exact) mass is 613 g/mol. The molecule has 0 unspecified atom stereocenters. The largest absolute Gasteiger partial charge is 0.497 e. The highest BCUT2D eigenvalue weighted by Crippen LogP contribution is 2.30. The van der Waals surface area contributed by atoms with Crippen LogP contribution in [0.2, 0.25) is 5.02 Å². The lowest BCUT2D eigenvalue weighted by Gasteiger charge is -2.26. The van der Waals surface area contributed by atoms with Crippen molar-refractivity contribution in [1.29, 1.82) is 0 Å². The lowest BCUT2D eigenvalue weighted by molar-refractivity contribution is -0.384. The zero-order valence-electron chi connectivity index (χ0n) is 23.2. The highest BCUT2D eigenvalue weighted by molar-refractivity contribution is 6.39. The molecule has 0 spiro atoms. The van der Waals surface area contributed by atoms with Crippen molar-refractivity contribution in [1.82, 2.24) is 5.32 Å². The van der Waals surface area contributed by atoms with Crippen LogP contribution in [0.15, 0.2) is 96.6 Å². The number of ether oxygens (including phenoxy) is 3. The smallest absolute Gasteiger partial charge is 0.335 e. The van der Waals surface area contributed by atoms with Gasteiger partial charge in [-0.2, -0.15) is 0 Å². The van der Waals surface area contributed by atoms with Crippen LogP contribution in [-0.2, 0) is 22.8 Å². The number of amides is 4. The maximum Gasteiger partial charge on any atom is 0.335 e. The molecule has 5 rings (SSSR count). The number of hydrogen-bond acceptors (Lipinski definition) is 8. The van der Waals surface area contributed by atoms with Crippen LogP contribution in [0.5, 0.6) is 17.2 Å². The maximum absolute atomic E-state index is 13.5. The van der Waals surface area contributed by atoms with Crippen molar-refractivity contribution in [2.75, 3.05) is 12.0 Å². The Morgan fingerprint density at radius 2 is 1.59 bits per heavy atom. The van der Waals surface area contributed by atoms with Crippen molar-refractivity contribution in [3.8, 4) is 17.2 Å². The number of halogens is 1. The molecule has 11 nitrogen and oxygen atoms in total. The summed E-state index contributed by atoms with van der Waals surface area (Å²) in [5, 5.41) is 13.7. The quantitative estimate of drug-likeness (QED) is 0.0983. The molecule has 1 N–H and O–H groups in total. The van der Waals surface area contributed by atoms with E-state index in [9.17, 15) is 24.5 Å². The molecule has 1 aliphatic heterocycles. The minimum atomic E-state index is -0.897. The number of barbiturate groups is 1. The molecular formula is C32H24ClN3O8. The van der Waals surface area contributed by atoms with Gasteiger partial charge < -0.3 is 14.2 Å². The minimum absolute atomic E-state index is 0.0387. The third-order valence-corrected chi connectivity index (χ3v) is 6.98. The van der Waals surface area contributed by atoms with Crippen LogP contribution in [-0.4, -0.2) is 29.9 Å². The number of imide groups is 2. The van der Waals surface area contributed by atoms with Crippen LogP contribution < -0.4 is 24.4 Å². The second-order valence-electron chi connectivity index (χ2n) is 9.45. The predicted octanol–water partition coefficient (Wildman–Crippen LogP) is 6.08. The van der Waals surface area contributed by atoms with E-state index in [-0.39, 0.29) is 35.9 Å². The summed E-state index contributed by atoms with van der Waals surface area (Å²) in [5.74, 6) is -0.481. The van der Waals surface area contributed by atoms with E-state index in [1.807, 2.05) is 18.2 Å². The summed E-state index contributed by atoms with van der Waals surface area (Å²) in [5.41, 5.74) is 1.69. The first-order valence-corrected chi connectivity index (χ1v) is 13.5. The number of rotatable bonds is 10. The van der Waals surface area contributed by atoms with Gasteiger partial charge in [0.1, 0.15) is 36.0 Å². The molecule has 0 radical (unpaired) electrons. The number of nitrogens with one attached hydrogen (secondary N) is 1. The minimum Gasteiger partial charge on any atom is -0.497 e. The fourth-order valence-corrected chi connectivity index (χ4v) is 4.47. The van der Waals surface area contributed by atoms with Gasteiger partial charge in [-0.1, -0.05) is 29.8 Å². The van der Waals surface area contributed by atoms with Gasteiger partial charge in [-0.25, -0.2) is 9.69 Å². The average molecular weight is 614 g/mol. The number of carbonyl (C=O) groups excluding carboxylic acids is 3. The molecule has 222 valence electrons. The van der Waals surface area contributed by atoms with Crippen molar-refractivity contribution >= 4 is 46.9 Å². The van der Waals surface area contributed by atoms with Crippen LogP contribution >= 0.6 is 11.6 Å². The van der Waals surface area contributed by atoms with E-state index < -0.39 is 22.8 Å². The molecule has 1 heterocycles. The standard InChI is InChI=1S/C32H24ClN3O8/c1-42-26-13-8-21(29(17-26)44-18-20-6-9-24(10-7-20)36(40)41)16-27-30(37)34-32(39)35(31(27)38)23-11-14-25(15-12-23)43-19-22-4-2-3-5-28(22)33/h2-17H,18-19H2,1H3,(H,34,37,39)/b27-16+. The van der Waals surface area contributed by atoms with Crippen LogP contribution in [0.25, 0.3) is 6.08 Å². The van der Waals surface area contributed by atoms with Gasteiger partial charge in [0.2, 0.25) is 0 Å². The Morgan fingerprint density at radius 3 is 2.27 bits per heavy atom. The van der Waals surface area contributed by atoms with Crippen LogP contribution in [0.4, 0.5) is 16.2 Å². The van der Waals surface area contributed by atoms with Crippen molar-refractivity contribution < 1.29 is 33.5 Å². The molecule has 0 saturated carbocycles. The van der Waals surface area contributed by atoms with E-state index in [1.54, 1.807) is 48.5 Å². The van der Waals surface area contributed by atoms with E-state index in [0.717, 1.165) is 10.5 Å². The number of nitro benzene ring substituents is 1. The van der Waals surface area contributed by atoms with Gasteiger partial charge in [0, 0.05) is 34.3 Å². The summed E-state index contributed by atoms with van der Waals surface area (Å²) in [4.78, 5) is 50.3. The van der Waals surface area contributed by atoms with Crippen molar-refractivity contribution in [3.05, 3.63) is 128 Å². The summed E-state index contributed by atoms with van der Waals surface area (Å²) >= 11 is 6.18. The Morgan fingerprint density at radius 1 is 0.886 bits per heavy atom. The predicted molar refractivity (Wildman–Crippen MR) is 162 cm³/mol. The van der Waals surface area contributed by atoms with Gasteiger partial charge in [-0.05, 0) is 66.2 Å². The Balaban J connectivity index is 1.36. The molecule has 0 bridgehead atoms. The number of nitrogens with zero attached hydrogens (tertiary/aromatic N) is 2. The zero-order chi connectivity index (χ0) is 31.2. The number of hydrogen-bond donors (Lipinski definition) is 1. The number of benzene rings is 4. The van der Waals surface area contributed by atoms with Crippen LogP contribution in [0, 0.1) is 10.1 Å². The van der Waals surface area contributed by atoms with Gasteiger partial charge in [-0.15, -0.1) is 0 Å². The zero-order valence-corrected chi connectivity index (χ0v) is 23.9. The van der Waals surface area contributed by atoms with Gasteiger partial charge in [0.15, 0.2) is 0 Å². The molecule has 1 aliphatic rings. The summed E-state index contributed by atoms with van der Waals surface area (Å²) in [7, 11) is 1.47. The van der Waals surface area contributed by atoms with Crippen LogP contribution in [0.1, 0.15) is 16.7 Å². The molecule has 1 fully saturated rings. The second-order valence-corrected chi connectivity index (χ2v) is 9.86. The molecule has 0 aromatic heterocycles. The highest BCUT2D eigenvalue weighted by atomic mass is 35.5. The third-order valence-electron chi connectivity index (χ3n) is 6.61. The molecule has 4 aromatic rings. The summed E-state index contributed by atoms with van der Waals surface area (Å²) < 4.78 is 17.0. The Hall–Kier alpha value is -5.68. The normalized spacial score (nSPS) is 13.9. The lowest BCUT2D eigenvalue weighted by atomic mass is 10.1. The van der Waals surface area contributed by atoms with Gasteiger partial charge in [0.25, 0.3) is 17.5 Å². The number of non-ortho nitro benzene ring substituents is 1. The molecule has 12 heteroatoms.